The van der Waals surface area contributed by atoms with Crippen LogP contribution in [0.2, 0.25) is 0 Å². The smallest absolute Gasteiger partial charge is 0.220 e. The third-order valence-electron chi connectivity index (χ3n) is 4.17. The molecule has 0 bridgehead atoms. The van der Waals surface area contributed by atoms with E-state index in [-0.39, 0.29) is 18.3 Å². The van der Waals surface area contributed by atoms with Gasteiger partial charge in [-0.2, -0.15) is 0 Å². The van der Waals surface area contributed by atoms with Crippen molar-refractivity contribution in [3.8, 4) is 5.75 Å². The number of hydrogen-bond donors (Lipinski definition) is 2. The van der Waals surface area contributed by atoms with Crippen molar-refractivity contribution in [2.45, 2.75) is 32.5 Å². The third-order valence-corrected chi connectivity index (χ3v) is 4.17. The highest BCUT2D eigenvalue weighted by Crippen LogP contribution is 2.17. The maximum absolute atomic E-state index is 12.0. The third kappa shape index (κ3) is 4.73. The molecule has 2 N–H and O–H groups in total. The van der Waals surface area contributed by atoms with Crippen molar-refractivity contribution in [1.82, 2.24) is 10.6 Å². The maximum atomic E-state index is 12.0. The first-order chi connectivity index (χ1) is 11.2. The Bertz CT molecular complexity index is 704. The molecule has 24 heavy (non-hydrogen) atoms. The summed E-state index contributed by atoms with van der Waals surface area (Å²) in [6.45, 7) is 2.46. The zero-order valence-electron chi connectivity index (χ0n) is 13.8. The minimum atomic E-state index is 0. The largest absolute Gasteiger partial charge is 0.497 e. The number of aryl methyl sites for hydroxylation is 1. The average molecular weight is 347 g/mol. The molecule has 0 atom stereocenters. The van der Waals surface area contributed by atoms with E-state index in [1.165, 1.54) is 11.1 Å². The van der Waals surface area contributed by atoms with Gasteiger partial charge in [0.15, 0.2) is 0 Å². The molecular weight excluding hydrogens is 324 g/mol. The lowest BCUT2D eigenvalue weighted by Crippen LogP contribution is -2.23. The monoisotopic (exact) mass is 346 g/mol. The summed E-state index contributed by atoms with van der Waals surface area (Å²) in [5.74, 6) is 0.904. The van der Waals surface area contributed by atoms with Crippen molar-refractivity contribution in [3.63, 3.8) is 0 Å². The summed E-state index contributed by atoms with van der Waals surface area (Å²) in [7, 11) is 1.65. The molecule has 0 fully saturated rings. The fourth-order valence-electron chi connectivity index (χ4n) is 2.83. The number of carbonyl (C=O) groups excluding carboxylic acids is 1. The van der Waals surface area contributed by atoms with Crippen LogP contribution in [0.4, 0.5) is 0 Å². The van der Waals surface area contributed by atoms with E-state index in [1.54, 1.807) is 7.11 Å². The Morgan fingerprint density at radius 1 is 1.12 bits per heavy atom. The van der Waals surface area contributed by atoms with Crippen molar-refractivity contribution < 1.29 is 9.53 Å². The fraction of sp³-hybridized carbons (Fsp3) is 0.316. The van der Waals surface area contributed by atoms with Crippen LogP contribution in [0, 0.1) is 0 Å². The maximum Gasteiger partial charge on any atom is 0.220 e. The summed E-state index contributed by atoms with van der Waals surface area (Å²) in [6, 6.07) is 14.3. The van der Waals surface area contributed by atoms with Crippen LogP contribution in [-0.4, -0.2) is 13.0 Å². The van der Waals surface area contributed by atoms with Gasteiger partial charge in [-0.15, -0.1) is 12.4 Å². The topological polar surface area (TPSA) is 50.4 Å². The molecule has 0 saturated heterocycles. The molecule has 1 amide bonds. The zero-order chi connectivity index (χ0) is 16.1. The summed E-state index contributed by atoms with van der Waals surface area (Å²) in [6.07, 6.45) is 1.21. The van der Waals surface area contributed by atoms with E-state index < -0.39 is 0 Å². The van der Waals surface area contributed by atoms with Crippen LogP contribution in [0.5, 0.6) is 5.75 Å². The molecule has 5 heteroatoms. The second kappa shape index (κ2) is 8.71. The standard InChI is InChI=1S/C19H22N2O2.ClH/c1-23-18-4-2-3-14(10-18)6-8-19(22)21-11-15-5-7-16-12-20-13-17(16)9-15;/h2-5,7,9-10,20H,6,8,11-13H2,1H3,(H,21,22);1H. The molecule has 1 heterocycles. The Morgan fingerprint density at radius 2 is 1.96 bits per heavy atom. The van der Waals surface area contributed by atoms with Gasteiger partial charge in [0.1, 0.15) is 5.75 Å². The molecule has 0 saturated carbocycles. The van der Waals surface area contributed by atoms with Crippen LogP contribution in [0.25, 0.3) is 0 Å². The van der Waals surface area contributed by atoms with Gasteiger partial charge in [-0.25, -0.2) is 0 Å². The fourth-order valence-corrected chi connectivity index (χ4v) is 2.83. The first-order valence-corrected chi connectivity index (χ1v) is 7.95. The molecule has 3 rings (SSSR count). The number of halogens is 1. The number of hydrogen-bond acceptors (Lipinski definition) is 3. The number of fused-ring (bicyclic) bond motifs is 1. The summed E-state index contributed by atoms with van der Waals surface area (Å²) >= 11 is 0. The summed E-state index contributed by atoms with van der Waals surface area (Å²) in [5, 5.41) is 6.33. The van der Waals surface area contributed by atoms with Gasteiger partial charge in [0, 0.05) is 26.1 Å². The number of carbonyl (C=O) groups is 1. The Hall–Kier alpha value is -2.04. The SMILES string of the molecule is COc1cccc(CCC(=O)NCc2ccc3c(c2)CNC3)c1.Cl. The quantitative estimate of drug-likeness (QED) is 0.845. The molecule has 0 aliphatic carbocycles. The van der Waals surface area contributed by atoms with Crippen LogP contribution >= 0.6 is 12.4 Å². The first-order valence-electron chi connectivity index (χ1n) is 7.95. The lowest BCUT2D eigenvalue weighted by molar-refractivity contribution is -0.121. The minimum absolute atomic E-state index is 0. The van der Waals surface area contributed by atoms with E-state index in [2.05, 4.69) is 28.8 Å². The van der Waals surface area contributed by atoms with E-state index in [9.17, 15) is 4.79 Å². The van der Waals surface area contributed by atoms with E-state index in [0.29, 0.717) is 13.0 Å². The number of amides is 1. The molecule has 2 aromatic rings. The van der Waals surface area contributed by atoms with Gasteiger partial charge in [0.25, 0.3) is 0 Å². The summed E-state index contributed by atoms with van der Waals surface area (Å²) in [4.78, 5) is 12.0. The molecule has 0 unspecified atom stereocenters. The second-order valence-electron chi connectivity index (χ2n) is 5.83. The zero-order valence-corrected chi connectivity index (χ0v) is 14.6. The molecule has 1 aliphatic rings. The van der Waals surface area contributed by atoms with Gasteiger partial charge in [-0.05, 0) is 40.8 Å². The molecule has 4 nitrogen and oxygen atoms in total. The van der Waals surface area contributed by atoms with E-state index in [1.807, 2.05) is 24.3 Å². The molecule has 0 aromatic heterocycles. The number of methoxy groups -OCH3 is 1. The van der Waals surface area contributed by atoms with Crippen molar-refractivity contribution in [2.75, 3.05) is 7.11 Å². The van der Waals surface area contributed by atoms with Gasteiger partial charge in [-0.3, -0.25) is 4.79 Å². The van der Waals surface area contributed by atoms with E-state index in [4.69, 9.17) is 4.74 Å². The van der Waals surface area contributed by atoms with Gasteiger partial charge in [-0.1, -0.05) is 30.3 Å². The van der Waals surface area contributed by atoms with Crippen molar-refractivity contribution in [2.24, 2.45) is 0 Å². The molecule has 0 radical (unpaired) electrons. The number of benzene rings is 2. The molecule has 128 valence electrons. The lowest BCUT2D eigenvalue weighted by atomic mass is 10.1. The van der Waals surface area contributed by atoms with Crippen LogP contribution in [0.15, 0.2) is 42.5 Å². The minimum Gasteiger partial charge on any atom is -0.497 e. The van der Waals surface area contributed by atoms with Gasteiger partial charge >= 0.3 is 0 Å². The number of ether oxygens (including phenoxy) is 1. The highest BCUT2D eigenvalue weighted by atomic mass is 35.5. The van der Waals surface area contributed by atoms with Gasteiger partial charge < -0.3 is 15.4 Å². The van der Waals surface area contributed by atoms with Crippen molar-refractivity contribution in [3.05, 3.63) is 64.7 Å². The summed E-state index contributed by atoms with van der Waals surface area (Å²) < 4.78 is 5.20. The highest BCUT2D eigenvalue weighted by Gasteiger charge is 2.10. The van der Waals surface area contributed by atoms with E-state index >= 15 is 0 Å². The Labute approximate surface area is 149 Å². The second-order valence-corrected chi connectivity index (χ2v) is 5.83. The van der Waals surface area contributed by atoms with Crippen molar-refractivity contribution >= 4 is 18.3 Å². The first kappa shape index (κ1) is 18.3. The predicted octanol–water partition coefficient (Wildman–Crippen LogP) is 2.97. The van der Waals surface area contributed by atoms with Crippen LogP contribution in [0.1, 0.15) is 28.7 Å². The summed E-state index contributed by atoms with van der Waals surface area (Å²) in [5.41, 5.74) is 4.97. The van der Waals surface area contributed by atoms with Crippen LogP contribution < -0.4 is 15.4 Å². The van der Waals surface area contributed by atoms with Gasteiger partial charge in [0.05, 0.1) is 7.11 Å². The Morgan fingerprint density at radius 3 is 2.79 bits per heavy atom. The van der Waals surface area contributed by atoms with Crippen LogP contribution in [0.3, 0.4) is 0 Å². The Kier molecular flexibility index (Phi) is 6.64. The van der Waals surface area contributed by atoms with Crippen molar-refractivity contribution in [1.29, 1.82) is 0 Å². The molecule has 0 spiro atoms. The van der Waals surface area contributed by atoms with Crippen LogP contribution in [-0.2, 0) is 30.8 Å². The molecule has 1 aliphatic heterocycles. The number of nitrogens with one attached hydrogen (secondary N) is 2. The van der Waals surface area contributed by atoms with Gasteiger partial charge in [0.2, 0.25) is 5.91 Å². The molecular formula is C19H23ClN2O2. The lowest BCUT2D eigenvalue weighted by Gasteiger charge is -2.08. The van der Waals surface area contributed by atoms with E-state index in [0.717, 1.165) is 36.4 Å². The normalized spacial score (nSPS) is 12.2. The number of rotatable bonds is 6. The predicted molar refractivity (Wildman–Crippen MR) is 97.4 cm³/mol. The molecule has 2 aromatic carbocycles. The highest BCUT2D eigenvalue weighted by molar-refractivity contribution is 5.85. The average Bonchev–Trinajstić information content (AvgIpc) is 3.06. The Balaban J connectivity index is 0.00000208.